The first kappa shape index (κ1) is 26.6. The SMILES string of the molecule is CC(C)(C)c1csc(C(C#N)C(O)c2ccccc2Cl)n1.CCCCNCCCC. The Morgan fingerprint density at radius 3 is 2.23 bits per heavy atom. The van der Waals surface area contributed by atoms with Gasteiger partial charge in [0.1, 0.15) is 17.0 Å². The van der Waals surface area contributed by atoms with E-state index in [9.17, 15) is 10.4 Å². The molecule has 0 bridgehead atoms. The third-order valence-electron chi connectivity index (χ3n) is 4.65. The van der Waals surface area contributed by atoms with Gasteiger partial charge in [0.25, 0.3) is 0 Å². The van der Waals surface area contributed by atoms with Crippen molar-refractivity contribution in [2.45, 2.75) is 77.7 Å². The van der Waals surface area contributed by atoms with Crippen LogP contribution in [0, 0.1) is 11.3 Å². The van der Waals surface area contributed by atoms with E-state index in [1.165, 1.54) is 50.1 Å². The Hall–Kier alpha value is -1.45. The van der Waals surface area contributed by atoms with Gasteiger partial charge in [-0.3, -0.25) is 0 Å². The Morgan fingerprint density at radius 1 is 1.17 bits per heavy atom. The van der Waals surface area contributed by atoms with Gasteiger partial charge in [-0.1, -0.05) is 77.3 Å². The van der Waals surface area contributed by atoms with E-state index < -0.39 is 12.0 Å². The Labute approximate surface area is 191 Å². The molecule has 0 amide bonds. The third kappa shape index (κ3) is 8.73. The smallest absolute Gasteiger partial charge is 0.128 e. The maximum atomic E-state index is 10.5. The Balaban J connectivity index is 0.000000424. The fourth-order valence-electron chi connectivity index (χ4n) is 2.66. The second kappa shape index (κ2) is 13.8. The fraction of sp³-hybridized carbons (Fsp3) is 0.583. The molecular formula is C24H36ClN3OS. The van der Waals surface area contributed by atoms with E-state index in [0.29, 0.717) is 15.6 Å². The minimum atomic E-state index is -0.984. The van der Waals surface area contributed by atoms with Crippen molar-refractivity contribution in [2.75, 3.05) is 13.1 Å². The van der Waals surface area contributed by atoms with Gasteiger partial charge in [-0.15, -0.1) is 11.3 Å². The van der Waals surface area contributed by atoms with E-state index >= 15 is 0 Å². The highest BCUT2D eigenvalue weighted by Gasteiger charge is 2.28. The van der Waals surface area contributed by atoms with E-state index in [4.69, 9.17) is 11.6 Å². The summed E-state index contributed by atoms with van der Waals surface area (Å²) >= 11 is 7.50. The quantitative estimate of drug-likeness (QED) is 0.422. The van der Waals surface area contributed by atoms with E-state index in [1.807, 2.05) is 5.38 Å². The molecule has 0 radical (unpaired) electrons. The number of aliphatic hydroxyl groups excluding tert-OH is 1. The molecule has 2 rings (SSSR count). The second-order valence-electron chi connectivity index (χ2n) is 8.35. The van der Waals surface area contributed by atoms with Crippen molar-refractivity contribution in [1.82, 2.24) is 10.3 Å². The summed E-state index contributed by atoms with van der Waals surface area (Å²) in [6, 6.07) is 9.17. The molecular weight excluding hydrogens is 414 g/mol. The van der Waals surface area contributed by atoms with Gasteiger partial charge in [-0.2, -0.15) is 5.26 Å². The molecule has 2 N–H and O–H groups in total. The van der Waals surface area contributed by atoms with Crippen LogP contribution in [0.5, 0.6) is 0 Å². The molecule has 1 aromatic carbocycles. The number of hydrogen-bond acceptors (Lipinski definition) is 5. The van der Waals surface area contributed by atoms with Crippen molar-refractivity contribution >= 4 is 22.9 Å². The van der Waals surface area contributed by atoms with Crippen molar-refractivity contribution in [2.24, 2.45) is 0 Å². The molecule has 30 heavy (non-hydrogen) atoms. The van der Waals surface area contributed by atoms with Crippen LogP contribution in [0.2, 0.25) is 5.02 Å². The van der Waals surface area contributed by atoms with Gasteiger partial charge in [0.05, 0.1) is 11.8 Å². The first-order chi connectivity index (χ1) is 14.3. The molecule has 0 aliphatic rings. The number of halogens is 1. The minimum absolute atomic E-state index is 0.0793. The molecule has 0 saturated heterocycles. The number of thiazole rings is 1. The molecule has 0 saturated carbocycles. The first-order valence-corrected chi connectivity index (χ1v) is 12.0. The van der Waals surface area contributed by atoms with Gasteiger partial charge in [-0.05, 0) is 32.0 Å². The Bertz CT molecular complexity index is 773. The Kier molecular flexibility index (Phi) is 12.2. The van der Waals surface area contributed by atoms with E-state index in [0.717, 1.165) is 5.69 Å². The monoisotopic (exact) mass is 449 g/mol. The lowest BCUT2D eigenvalue weighted by atomic mass is 9.93. The zero-order chi connectivity index (χ0) is 22.6. The number of rotatable bonds is 9. The summed E-state index contributed by atoms with van der Waals surface area (Å²) in [7, 11) is 0. The topological polar surface area (TPSA) is 68.9 Å². The van der Waals surface area contributed by atoms with E-state index in [-0.39, 0.29) is 5.41 Å². The number of aromatic nitrogens is 1. The van der Waals surface area contributed by atoms with Gasteiger partial charge in [0.2, 0.25) is 0 Å². The number of benzene rings is 1. The van der Waals surface area contributed by atoms with Gasteiger partial charge in [-0.25, -0.2) is 4.98 Å². The summed E-state index contributed by atoms with van der Waals surface area (Å²) in [6.45, 7) is 13.1. The van der Waals surface area contributed by atoms with Crippen LogP contribution >= 0.6 is 22.9 Å². The van der Waals surface area contributed by atoms with Gasteiger partial charge in [0, 0.05) is 21.4 Å². The number of aliphatic hydroxyl groups is 1. The third-order valence-corrected chi connectivity index (χ3v) is 5.92. The van der Waals surface area contributed by atoms with Gasteiger partial charge >= 0.3 is 0 Å². The molecule has 4 nitrogen and oxygen atoms in total. The minimum Gasteiger partial charge on any atom is -0.387 e. The van der Waals surface area contributed by atoms with Crippen LogP contribution in [-0.4, -0.2) is 23.2 Å². The molecule has 2 atom stereocenters. The summed E-state index contributed by atoms with van der Waals surface area (Å²) in [6.07, 6.45) is 4.27. The largest absolute Gasteiger partial charge is 0.387 e. The predicted molar refractivity (Wildman–Crippen MR) is 128 cm³/mol. The summed E-state index contributed by atoms with van der Waals surface area (Å²) < 4.78 is 0. The highest BCUT2D eigenvalue weighted by molar-refractivity contribution is 7.09. The zero-order valence-corrected chi connectivity index (χ0v) is 20.5. The maximum Gasteiger partial charge on any atom is 0.128 e. The number of hydrogen-bond donors (Lipinski definition) is 2. The predicted octanol–water partition coefficient (Wildman–Crippen LogP) is 6.61. The molecule has 0 fully saturated rings. The second-order valence-corrected chi connectivity index (χ2v) is 9.65. The number of unbranched alkanes of at least 4 members (excludes halogenated alkanes) is 2. The van der Waals surface area contributed by atoms with Crippen molar-refractivity contribution in [3.63, 3.8) is 0 Å². The molecule has 1 heterocycles. The van der Waals surface area contributed by atoms with E-state index in [1.54, 1.807) is 24.3 Å². The molecule has 1 aromatic heterocycles. The molecule has 166 valence electrons. The Morgan fingerprint density at radius 2 is 1.77 bits per heavy atom. The summed E-state index contributed by atoms with van der Waals surface area (Å²) in [5.41, 5.74) is 1.40. The van der Waals surface area contributed by atoms with Crippen molar-refractivity contribution in [1.29, 1.82) is 5.26 Å². The lowest BCUT2D eigenvalue weighted by Crippen LogP contribution is -2.15. The molecule has 2 aromatic rings. The van der Waals surface area contributed by atoms with Crippen LogP contribution in [0.15, 0.2) is 29.6 Å². The van der Waals surface area contributed by atoms with E-state index in [2.05, 4.69) is 51.0 Å². The number of nitrogens with zero attached hydrogens (tertiary/aromatic N) is 2. The zero-order valence-electron chi connectivity index (χ0n) is 18.9. The van der Waals surface area contributed by atoms with Crippen LogP contribution in [0.3, 0.4) is 0 Å². The van der Waals surface area contributed by atoms with Crippen LogP contribution in [0.1, 0.15) is 88.6 Å². The summed E-state index contributed by atoms with van der Waals surface area (Å²) in [5.74, 6) is -0.717. The van der Waals surface area contributed by atoms with Crippen molar-refractivity contribution < 1.29 is 5.11 Å². The van der Waals surface area contributed by atoms with Crippen LogP contribution in [0.4, 0.5) is 0 Å². The van der Waals surface area contributed by atoms with Crippen LogP contribution in [0.25, 0.3) is 0 Å². The highest BCUT2D eigenvalue weighted by atomic mass is 35.5. The normalized spacial score (nSPS) is 13.1. The summed E-state index contributed by atoms with van der Waals surface area (Å²) in [5, 5.41) is 26.3. The highest BCUT2D eigenvalue weighted by Crippen LogP contribution is 2.36. The average molecular weight is 450 g/mol. The van der Waals surface area contributed by atoms with Crippen LogP contribution < -0.4 is 5.32 Å². The van der Waals surface area contributed by atoms with Crippen molar-refractivity contribution in [3.8, 4) is 6.07 Å². The first-order valence-electron chi connectivity index (χ1n) is 10.7. The lowest BCUT2D eigenvalue weighted by Gasteiger charge is -2.17. The molecule has 2 unspecified atom stereocenters. The maximum absolute atomic E-state index is 10.5. The molecule has 0 aliphatic heterocycles. The molecule has 6 heteroatoms. The lowest BCUT2D eigenvalue weighted by molar-refractivity contribution is 0.164. The average Bonchev–Trinajstić information content (AvgIpc) is 3.20. The van der Waals surface area contributed by atoms with Gasteiger partial charge < -0.3 is 10.4 Å². The summed E-state index contributed by atoms with van der Waals surface area (Å²) in [4.78, 5) is 4.52. The van der Waals surface area contributed by atoms with Crippen LogP contribution in [-0.2, 0) is 5.41 Å². The standard InChI is InChI=1S/C16H17ClN2OS.C8H19N/c1-16(2,3)13-9-21-15(19-13)11(8-18)14(20)10-6-4-5-7-12(10)17;1-3-5-7-9-8-6-4-2/h4-7,9,11,14,20H,1-3H3;9H,3-8H2,1-2H3. The molecule has 0 aliphatic carbocycles. The number of nitrogens with one attached hydrogen (secondary N) is 1. The fourth-order valence-corrected chi connectivity index (χ4v) is 4.02. The van der Waals surface area contributed by atoms with Gasteiger partial charge in [0.15, 0.2) is 0 Å². The molecule has 0 spiro atoms. The van der Waals surface area contributed by atoms with Crippen molar-refractivity contribution in [3.05, 3.63) is 50.9 Å². The number of nitriles is 1.